The number of furan rings is 1. The van der Waals surface area contributed by atoms with E-state index in [1.54, 1.807) is 19.6 Å². The molecule has 0 fully saturated rings. The predicted molar refractivity (Wildman–Crippen MR) is 138 cm³/mol. The number of nitrogens with one attached hydrogen (secondary N) is 1. The van der Waals surface area contributed by atoms with Gasteiger partial charge in [-0.25, -0.2) is 4.79 Å². The Hall–Kier alpha value is -3.80. The summed E-state index contributed by atoms with van der Waals surface area (Å²) in [6.45, 7) is 5.59. The maximum atomic E-state index is 12.5. The van der Waals surface area contributed by atoms with E-state index in [2.05, 4.69) is 28.5 Å². The molecule has 1 amide bonds. The molecule has 0 unspecified atom stereocenters. The van der Waals surface area contributed by atoms with Crippen molar-refractivity contribution in [2.24, 2.45) is 0 Å². The van der Waals surface area contributed by atoms with Gasteiger partial charge in [0.25, 0.3) is 0 Å². The van der Waals surface area contributed by atoms with E-state index < -0.39 is 11.7 Å². The first-order chi connectivity index (χ1) is 16.8. The maximum absolute atomic E-state index is 12.5. The molecule has 0 saturated heterocycles. The number of alkyl carbamates (subject to hydrolysis) is 1. The third kappa shape index (κ3) is 6.85. The summed E-state index contributed by atoms with van der Waals surface area (Å²) in [6, 6.07) is 18.1. The molecule has 0 saturated carbocycles. The highest BCUT2D eigenvalue weighted by molar-refractivity contribution is 5.85. The lowest BCUT2D eigenvalue weighted by Gasteiger charge is -2.24. The number of hydrogen-bond donors (Lipinski definition) is 1. The van der Waals surface area contributed by atoms with E-state index in [4.69, 9.17) is 13.9 Å². The Labute approximate surface area is 206 Å². The number of benzene rings is 2. The third-order valence-electron chi connectivity index (χ3n) is 5.72. The fraction of sp³-hybridized carbons (Fsp3) is 0.310. The normalized spacial score (nSPS) is 12.3. The monoisotopic (exact) mass is 472 g/mol. The van der Waals surface area contributed by atoms with Gasteiger partial charge >= 0.3 is 6.09 Å². The summed E-state index contributed by atoms with van der Waals surface area (Å²) in [7, 11) is 1.65. The first kappa shape index (κ1) is 24.3. The fourth-order valence-electron chi connectivity index (χ4n) is 3.98. The second-order valence-electron chi connectivity index (χ2n) is 9.69. The highest BCUT2D eigenvalue weighted by Crippen LogP contribution is 2.27. The van der Waals surface area contributed by atoms with Gasteiger partial charge in [-0.2, -0.15) is 0 Å². The van der Waals surface area contributed by atoms with E-state index in [1.165, 1.54) is 0 Å². The average Bonchev–Trinajstić information content (AvgIpc) is 3.30. The van der Waals surface area contributed by atoms with Crippen LogP contribution in [0.3, 0.4) is 0 Å². The highest BCUT2D eigenvalue weighted by atomic mass is 16.6. The number of aryl methyl sites for hydroxylation is 1. The molecule has 0 bridgehead atoms. The molecule has 1 atom stereocenters. The second kappa shape index (κ2) is 10.6. The number of hydrogen-bond acceptors (Lipinski definition) is 5. The Morgan fingerprint density at radius 1 is 1.03 bits per heavy atom. The average molecular weight is 473 g/mol. The molecule has 2 heterocycles. The van der Waals surface area contributed by atoms with Crippen LogP contribution in [-0.4, -0.2) is 29.8 Å². The zero-order valence-corrected chi connectivity index (χ0v) is 20.7. The molecule has 0 aliphatic rings. The smallest absolute Gasteiger partial charge is 0.407 e. The van der Waals surface area contributed by atoms with Gasteiger partial charge in [-0.1, -0.05) is 24.3 Å². The molecule has 1 N–H and O–H groups in total. The Morgan fingerprint density at radius 2 is 1.83 bits per heavy atom. The lowest BCUT2D eigenvalue weighted by atomic mass is 9.99. The van der Waals surface area contributed by atoms with Crippen molar-refractivity contribution in [2.75, 3.05) is 7.11 Å². The number of pyridine rings is 1. The first-order valence-electron chi connectivity index (χ1n) is 11.8. The standard InChI is InChI=1S/C29H32N2O4/c1-29(2,3)35-28(32)31-25(15-20-6-11-26(33-4)12-7-20)10-5-21-16-27(34-19-21)23-8-9-24-18-30-14-13-22(24)17-23/h6-9,11-14,16-19,25H,5,10,15H2,1-4H3,(H,31,32)/t25-/m1/s1. The Bertz CT molecular complexity index is 1270. The molecule has 2 aromatic carbocycles. The molecule has 0 aliphatic carbocycles. The summed E-state index contributed by atoms with van der Waals surface area (Å²) >= 11 is 0. The molecule has 182 valence electrons. The fourth-order valence-corrected chi connectivity index (χ4v) is 3.98. The minimum Gasteiger partial charge on any atom is -0.497 e. The van der Waals surface area contributed by atoms with Crippen LogP contribution in [0.25, 0.3) is 22.1 Å². The molecule has 4 rings (SSSR count). The van der Waals surface area contributed by atoms with Gasteiger partial charge in [0.15, 0.2) is 0 Å². The van der Waals surface area contributed by atoms with Gasteiger partial charge in [-0.3, -0.25) is 4.98 Å². The number of ether oxygens (including phenoxy) is 2. The second-order valence-corrected chi connectivity index (χ2v) is 9.69. The van der Waals surface area contributed by atoms with Gasteiger partial charge in [0.2, 0.25) is 0 Å². The minimum atomic E-state index is -0.551. The van der Waals surface area contributed by atoms with Crippen molar-refractivity contribution in [1.82, 2.24) is 10.3 Å². The van der Waals surface area contributed by atoms with Gasteiger partial charge in [0.1, 0.15) is 17.1 Å². The van der Waals surface area contributed by atoms with Crippen molar-refractivity contribution in [1.29, 1.82) is 0 Å². The van der Waals surface area contributed by atoms with Crippen LogP contribution in [0.4, 0.5) is 4.79 Å². The molecule has 4 aromatic rings. The molecule has 35 heavy (non-hydrogen) atoms. The van der Waals surface area contributed by atoms with E-state index in [-0.39, 0.29) is 6.04 Å². The number of amides is 1. The summed E-state index contributed by atoms with van der Waals surface area (Å²) in [5.41, 5.74) is 2.67. The van der Waals surface area contributed by atoms with Crippen LogP contribution in [0.5, 0.6) is 5.75 Å². The number of carbonyl (C=O) groups is 1. The van der Waals surface area contributed by atoms with Crippen LogP contribution < -0.4 is 10.1 Å². The number of nitrogens with zero attached hydrogens (tertiary/aromatic N) is 1. The molecule has 6 nitrogen and oxygen atoms in total. The summed E-state index contributed by atoms with van der Waals surface area (Å²) in [6.07, 6.45) is 7.23. The van der Waals surface area contributed by atoms with E-state index >= 15 is 0 Å². The van der Waals surface area contributed by atoms with E-state index in [0.717, 1.165) is 51.8 Å². The topological polar surface area (TPSA) is 73.6 Å². The SMILES string of the molecule is COc1ccc(C[C@@H](CCc2coc(-c3ccc4cnccc4c3)c2)NC(=O)OC(C)(C)C)cc1. The number of carbonyl (C=O) groups excluding carboxylic acids is 1. The zero-order chi connectivity index (χ0) is 24.8. The van der Waals surface area contributed by atoms with Crippen molar-refractivity contribution in [3.8, 4) is 17.1 Å². The minimum absolute atomic E-state index is 0.0928. The quantitative estimate of drug-likeness (QED) is 0.314. The lowest BCUT2D eigenvalue weighted by Crippen LogP contribution is -2.40. The lowest BCUT2D eigenvalue weighted by molar-refractivity contribution is 0.0501. The number of methoxy groups -OCH3 is 1. The van der Waals surface area contributed by atoms with Crippen molar-refractivity contribution >= 4 is 16.9 Å². The molecular formula is C29H32N2O4. The van der Waals surface area contributed by atoms with Crippen molar-refractivity contribution < 1.29 is 18.7 Å². The van der Waals surface area contributed by atoms with Gasteiger partial charge in [-0.05, 0) is 86.9 Å². The Kier molecular flexibility index (Phi) is 7.39. The summed E-state index contributed by atoms with van der Waals surface area (Å²) < 4.78 is 16.6. The van der Waals surface area contributed by atoms with E-state index in [0.29, 0.717) is 6.42 Å². The van der Waals surface area contributed by atoms with E-state index in [1.807, 2.05) is 63.4 Å². The third-order valence-corrected chi connectivity index (χ3v) is 5.72. The maximum Gasteiger partial charge on any atom is 0.407 e. The van der Waals surface area contributed by atoms with E-state index in [9.17, 15) is 4.79 Å². The molecule has 0 radical (unpaired) electrons. The largest absolute Gasteiger partial charge is 0.497 e. The van der Waals surface area contributed by atoms with Crippen molar-refractivity contribution in [2.45, 2.75) is 51.7 Å². The van der Waals surface area contributed by atoms with Gasteiger partial charge in [0, 0.05) is 29.4 Å². The zero-order valence-electron chi connectivity index (χ0n) is 20.7. The highest BCUT2D eigenvalue weighted by Gasteiger charge is 2.20. The van der Waals surface area contributed by atoms with Gasteiger partial charge < -0.3 is 19.2 Å². The molecule has 6 heteroatoms. The van der Waals surface area contributed by atoms with Crippen molar-refractivity contribution in [3.05, 3.63) is 84.4 Å². The summed E-state index contributed by atoms with van der Waals surface area (Å²) in [4.78, 5) is 16.7. The van der Waals surface area contributed by atoms with Gasteiger partial charge in [0.05, 0.1) is 13.4 Å². The Balaban J connectivity index is 1.45. The van der Waals surface area contributed by atoms with Crippen LogP contribution in [0.15, 0.2) is 77.7 Å². The van der Waals surface area contributed by atoms with Crippen molar-refractivity contribution in [3.63, 3.8) is 0 Å². The number of fused-ring (bicyclic) bond motifs is 1. The predicted octanol–water partition coefficient (Wildman–Crippen LogP) is 6.57. The van der Waals surface area contributed by atoms with Crippen LogP contribution in [0, 0.1) is 0 Å². The summed E-state index contributed by atoms with van der Waals surface area (Å²) in [5, 5.41) is 5.27. The van der Waals surface area contributed by atoms with Gasteiger partial charge in [-0.15, -0.1) is 0 Å². The van der Waals surface area contributed by atoms with Crippen LogP contribution in [0.1, 0.15) is 38.3 Å². The first-order valence-corrected chi connectivity index (χ1v) is 11.8. The van der Waals surface area contributed by atoms with Crippen LogP contribution in [-0.2, 0) is 17.6 Å². The molecular weight excluding hydrogens is 440 g/mol. The number of aromatic nitrogens is 1. The molecule has 2 aromatic heterocycles. The van der Waals surface area contributed by atoms with Crippen LogP contribution >= 0.6 is 0 Å². The number of rotatable bonds is 8. The van der Waals surface area contributed by atoms with Crippen LogP contribution in [0.2, 0.25) is 0 Å². The molecule has 0 aliphatic heterocycles. The summed E-state index contributed by atoms with van der Waals surface area (Å²) in [5.74, 6) is 1.63. The molecule has 0 spiro atoms. The Morgan fingerprint density at radius 3 is 2.57 bits per heavy atom.